The molecule has 12 heteroatoms. The van der Waals surface area contributed by atoms with Gasteiger partial charge in [-0.3, -0.25) is 4.90 Å². The Balaban J connectivity index is 1.45. The van der Waals surface area contributed by atoms with Crippen molar-refractivity contribution in [3.8, 4) is 41.2 Å². The third-order valence-electron chi connectivity index (χ3n) is 9.01. The summed E-state index contributed by atoms with van der Waals surface area (Å²) in [5.41, 5.74) is -0.944. The lowest BCUT2D eigenvalue weighted by Crippen LogP contribution is -2.44. The van der Waals surface area contributed by atoms with Gasteiger partial charge in [0, 0.05) is 50.1 Å². The van der Waals surface area contributed by atoms with Crippen LogP contribution in [0, 0.1) is 24.0 Å². The van der Waals surface area contributed by atoms with Gasteiger partial charge in [0.15, 0.2) is 5.82 Å². The van der Waals surface area contributed by atoms with Crippen LogP contribution >= 0.6 is 0 Å². The number of piperazine rings is 1. The van der Waals surface area contributed by atoms with Crippen LogP contribution in [0.15, 0.2) is 37.1 Å². The van der Waals surface area contributed by atoms with E-state index in [1.165, 1.54) is 24.3 Å². The van der Waals surface area contributed by atoms with Gasteiger partial charge in [0.1, 0.15) is 46.8 Å². The largest absolute Gasteiger partial charge is 0.508 e. The minimum atomic E-state index is -0.942. The molecule has 3 aliphatic heterocycles. The molecule has 0 spiro atoms. The number of ether oxygens (including phenoxy) is 2. The molecule has 1 unspecified atom stereocenters. The Hall–Kier alpha value is -4.60. The summed E-state index contributed by atoms with van der Waals surface area (Å²) in [4.78, 5) is 17.8. The number of anilines is 1. The number of hydrogen-bond donors (Lipinski definition) is 2. The smallest absolute Gasteiger partial charge is 0.319 e. The molecule has 4 aromatic rings. The molecule has 3 saturated heterocycles. The van der Waals surface area contributed by atoms with Crippen LogP contribution in [0.4, 0.5) is 19.0 Å². The molecule has 7 rings (SSSR count). The van der Waals surface area contributed by atoms with Gasteiger partial charge in [0.25, 0.3) is 0 Å². The Kier molecular flexibility index (Phi) is 7.38. The molecule has 3 fully saturated rings. The van der Waals surface area contributed by atoms with Crippen molar-refractivity contribution in [3.63, 3.8) is 0 Å². The van der Waals surface area contributed by atoms with E-state index >= 15 is 4.39 Å². The van der Waals surface area contributed by atoms with Crippen molar-refractivity contribution in [3.05, 3.63) is 54.3 Å². The monoisotopic (exact) mass is 616 g/mol. The van der Waals surface area contributed by atoms with Gasteiger partial charge in [-0.05, 0) is 43.0 Å². The van der Waals surface area contributed by atoms with Crippen molar-refractivity contribution in [1.82, 2.24) is 25.2 Å². The summed E-state index contributed by atoms with van der Waals surface area (Å²) < 4.78 is 58.2. The van der Waals surface area contributed by atoms with Crippen LogP contribution < -0.4 is 19.7 Å². The Labute approximate surface area is 257 Å². The van der Waals surface area contributed by atoms with E-state index in [9.17, 15) is 13.9 Å². The maximum absolute atomic E-state index is 16.9. The highest BCUT2D eigenvalue weighted by molar-refractivity contribution is 6.04. The zero-order valence-corrected chi connectivity index (χ0v) is 24.5. The van der Waals surface area contributed by atoms with E-state index in [0.717, 1.165) is 25.6 Å². The predicted octanol–water partition coefficient (Wildman–Crippen LogP) is 4.70. The highest BCUT2D eigenvalue weighted by Gasteiger charge is 2.49. The fraction of sp³-hybridized carbons (Fsp3) is 0.364. The van der Waals surface area contributed by atoms with Crippen molar-refractivity contribution in [2.75, 3.05) is 50.8 Å². The lowest BCUT2D eigenvalue weighted by molar-refractivity contribution is 0.107. The van der Waals surface area contributed by atoms with Crippen LogP contribution in [-0.4, -0.2) is 82.5 Å². The quantitative estimate of drug-likeness (QED) is 0.226. The molecular formula is C33H31F3N6O3. The SMILES string of the molecule is C#Cc1c(F)ccc2cc(O)cc(-c3nc(OC=C)c4c(N5CCNCC5)nc(OCC56CCCN5C[C@H](F)C6)nc4c3F)c12. The molecule has 3 aliphatic rings. The maximum atomic E-state index is 16.9. The molecule has 2 atom stereocenters. The van der Waals surface area contributed by atoms with Gasteiger partial charge < -0.3 is 24.8 Å². The van der Waals surface area contributed by atoms with Gasteiger partial charge in [0.2, 0.25) is 5.88 Å². The fourth-order valence-electron chi connectivity index (χ4n) is 7.02. The zero-order valence-electron chi connectivity index (χ0n) is 24.5. The Morgan fingerprint density at radius 1 is 1.16 bits per heavy atom. The number of benzene rings is 2. The van der Waals surface area contributed by atoms with Crippen molar-refractivity contribution in [2.24, 2.45) is 0 Å². The van der Waals surface area contributed by atoms with E-state index < -0.39 is 23.3 Å². The van der Waals surface area contributed by atoms with E-state index in [2.05, 4.69) is 32.7 Å². The Morgan fingerprint density at radius 2 is 1.98 bits per heavy atom. The second kappa shape index (κ2) is 11.4. The maximum Gasteiger partial charge on any atom is 0.319 e. The van der Waals surface area contributed by atoms with Crippen LogP contribution in [0.25, 0.3) is 32.9 Å². The number of rotatable bonds is 7. The third-order valence-corrected chi connectivity index (χ3v) is 9.01. The number of nitrogens with one attached hydrogen (secondary N) is 1. The van der Waals surface area contributed by atoms with Gasteiger partial charge in [0.05, 0.1) is 17.4 Å². The number of hydrogen-bond acceptors (Lipinski definition) is 9. The number of fused-ring (bicyclic) bond motifs is 3. The molecule has 0 bridgehead atoms. The minimum Gasteiger partial charge on any atom is -0.508 e. The number of nitrogens with zero attached hydrogens (tertiary/aromatic N) is 5. The van der Waals surface area contributed by atoms with Crippen LogP contribution in [-0.2, 0) is 0 Å². The average Bonchev–Trinajstić information content (AvgIpc) is 3.57. The molecule has 0 radical (unpaired) electrons. The van der Waals surface area contributed by atoms with Crippen LogP contribution in [0.3, 0.4) is 0 Å². The molecular weight excluding hydrogens is 585 g/mol. The zero-order chi connectivity index (χ0) is 31.3. The topological polar surface area (TPSA) is 95.9 Å². The highest BCUT2D eigenvalue weighted by atomic mass is 19.1. The fourth-order valence-corrected chi connectivity index (χ4v) is 7.02. The van der Waals surface area contributed by atoms with Crippen molar-refractivity contribution in [2.45, 2.75) is 31.0 Å². The molecule has 0 amide bonds. The number of aromatic hydroxyl groups is 1. The first-order chi connectivity index (χ1) is 21.8. The summed E-state index contributed by atoms with van der Waals surface area (Å²) in [5.74, 6) is 0.924. The number of pyridine rings is 1. The third kappa shape index (κ3) is 4.96. The number of phenols is 1. The first-order valence-electron chi connectivity index (χ1n) is 14.9. The summed E-state index contributed by atoms with van der Waals surface area (Å²) in [6.45, 7) is 7.42. The number of aromatic nitrogens is 3. The van der Waals surface area contributed by atoms with Crippen molar-refractivity contribution < 1.29 is 27.8 Å². The molecule has 2 N–H and O–H groups in total. The summed E-state index contributed by atoms with van der Waals surface area (Å²) in [7, 11) is 0. The van der Waals surface area contributed by atoms with E-state index in [1.807, 2.05) is 4.90 Å². The van der Waals surface area contributed by atoms with Gasteiger partial charge in [-0.15, -0.1) is 6.42 Å². The summed E-state index contributed by atoms with van der Waals surface area (Å²) >= 11 is 0. The standard InChI is InChI=1S/C33H31F3N6O3/c1-3-22-24(35)7-6-19-14-21(43)15-23(25(19)22)28-27(36)29-26(31(38-28)44-4-2)30(41-12-9-37-10-13-41)40-32(39-29)45-18-33-8-5-11-42(33)17-20(34)16-33/h1,4,6-7,14-15,20,37,43H,2,5,8-13,16-18H2/t20-,33?/m1/s1. The van der Waals surface area contributed by atoms with Gasteiger partial charge in [-0.25, -0.2) is 18.2 Å². The first kappa shape index (κ1) is 29.1. The lowest BCUT2D eigenvalue weighted by atomic mass is 9.95. The van der Waals surface area contributed by atoms with Gasteiger partial charge in [-0.1, -0.05) is 18.6 Å². The first-order valence-corrected chi connectivity index (χ1v) is 14.9. The van der Waals surface area contributed by atoms with E-state index in [1.54, 1.807) is 0 Å². The lowest BCUT2D eigenvalue weighted by Gasteiger charge is -2.32. The number of phenolic OH excluding ortho intramolecular Hbond substituents is 1. The van der Waals surface area contributed by atoms with Crippen LogP contribution in [0.1, 0.15) is 24.8 Å². The van der Waals surface area contributed by atoms with Gasteiger partial charge in [-0.2, -0.15) is 9.97 Å². The van der Waals surface area contributed by atoms with Crippen LogP contribution in [0.5, 0.6) is 17.6 Å². The second-order valence-electron chi connectivity index (χ2n) is 11.7. The highest BCUT2D eigenvalue weighted by Crippen LogP contribution is 2.43. The number of halogens is 3. The minimum absolute atomic E-state index is 0.0386. The number of alkyl halides is 1. The van der Waals surface area contributed by atoms with E-state index in [-0.39, 0.29) is 57.4 Å². The molecule has 45 heavy (non-hydrogen) atoms. The summed E-state index contributed by atoms with van der Waals surface area (Å²) in [6.07, 6.45) is 7.96. The van der Waals surface area contributed by atoms with Crippen molar-refractivity contribution >= 4 is 27.5 Å². The molecule has 0 saturated carbocycles. The normalized spacial score (nSPS) is 21.6. The van der Waals surface area contributed by atoms with Crippen molar-refractivity contribution in [1.29, 1.82) is 0 Å². The summed E-state index contributed by atoms with van der Waals surface area (Å²) in [6, 6.07) is 5.24. The molecule has 232 valence electrons. The number of terminal acetylenes is 1. The summed E-state index contributed by atoms with van der Waals surface area (Å²) in [5, 5.41) is 14.7. The molecule has 2 aromatic heterocycles. The van der Waals surface area contributed by atoms with E-state index in [4.69, 9.17) is 20.9 Å². The van der Waals surface area contributed by atoms with E-state index in [0.29, 0.717) is 50.3 Å². The Morgan fingerprint density at radius 3 is 2.76 bits per heavy atom. The molecule has 0 aliphatic carbocycles. The molecule has 9 nitrogen and oxygen atoms in total. The Bertz CT molecular complexity index is 1880. The van der Waals surface area contributed by atoms with Crippen LogP contribution in [0.2, 0.25) is 0 Å². The molecule has 5 heterocycles. The average molecular weight is 617 g/mol. The van der Waals surface area contributed by atoms with Gasteiger partial charge >= 0.3 is 6.01 Å². The second-order valence-corrected chi connectivity index (χ2v) is 11.7. The molecule has 2 aromatic carbocycles. The predicted molar refractivity (Wildman–Crippen MR) is 164 cm³/mol.